The van der Waals surface area contributed by atoms with Gasteiger partial charge < -0.3 is 20.5 Å². The molecule has 1 atom stereocenters. The average molecular weight is 300 g/mol. The Balaban J connectivity index is 3.82. The molecular weight excluding hydrogens is 272 g/mol. The molecule has 0 aliphatic carbocycles. The number of carbonyl (C=O) groups is 2. The summed E-state index contributed by atoms with van der Waals surface area (Å²) in [5.41, 5.74) is 5.30. The van der Waals surface area contributed by atoms with Gasteiger partial charge in [-0.2, -0.15) is 0 Å². The van der Waals surface area contributed by atoms with E-state index in [0.717, 1.165) is 32.1 Å². The van der Waals surface area contributed by atoms with Crippen molar-refractivity contribution in [2.24, 2.45) is 5.73 Å². The number of unbranched alkanes of at least 4 members (excludes halogenated alkanes) is 4. The molecule has 6 heteroatoms. The van der Waals surface area contributed by atoms with Crippen LogP contribution in [-0.4, -0.2) is 44.8 Å². The van der Waals surface area contributed by atoms with Crippen LogP contribution >= 0.6 is 0 Å². The number of nitrogens with two attached hydrogens (primary N) is 1. The number of carbonyl (C=O) groups excluding carboxylic acids is 2. The number of allylic oxidation sites excluding steroid dienone is 1. The Morgan fingerprint density at radius 2 is 1.95 bits per heavy atom. The Morgan fingerprint density at radius 3 is 2.57 bits per heavy atom. The third-order valence-corrected chi connectivity index (χ3v) is 2.99. The van der Waals surface area contributed by atoms with Gasteiger partial charge in [0.15, 0.2) is 0 Å². The van der Waals surface area contributed by atoms with E-state index in [-0.39, 0.29) is 12.5 Å². The van der Waals surface area contributed by atoms with Crippen molar-refractivity contribution in [1.29, 1.82) is 0 Å². The topological polar surface area (TPSA) is 90.7 Å². The van der Waals surface area contributed by atoms with E-state index in [4.69, 9.17) is 15.2 Å². The summed E-state index contributed by atoms with van der Waals surface area (Å²) in [5.74, 6) is -0.840. The summed E-state index contributed by atoms with van der Waals surface area (Å²) in [6.07, 6.45) is 7.53. The average Bonchev–Trinajstić information content (AvgIpc) is 2.45. The summed E-state index contributed by atoms with van der Waals surface area (Å²) in [7, 11) is 1.56. The molecule has 6 nitrogen and oxygen atoms in total. The third kappa shape index (κ3) is 12.1. The van der Waals surface area contributed by atoms with Crippen LogP contribution in [0.5, 0.6) is 0 Å². The maximum Gasteiger partial charge on any atom is 0.246 e. The number of hydrogen-bond donors (Lipinski definition) is 2. The summed E-state index contributed by atoms with van der Waals surface area (Å²) in [4.78, 5) is 22.9. The molecule has 0 saturated carbocycles. The van der Waals surface area contributed by atoms with E-state index < -0.39 is 11.9 Å². The van der Waals surface area contributed by atoms with Crippen LogP contribution in [-0.2, 0) is 19.1 Å². The standard InChI is InChI=1S/C15H28N2O4/c1-3-4-5-6-7-8-9-13(15(16)19)17-14(18)12-21-11-10-20-2/h3,13H,1,4-12H2,2H3,(H2,16,19)(H,17,18)/t13-/m1/s1. The number of primary amides is 1. The number of methoxy groups -OCH3 is 1. The fourth-order valence-electron chi connectivity index (χ4n) is 1.82. The minimum atomic E-state index is -0.622. The van der Waals surface area contributed by atoms with Crippen LogP contribution in [0.25, 0.3) is 0 Å². The molecule has 0 aliphatic heterocycles. The lowest BCUT2D eigenvalue weighted by atomic mass is 10.1. The van der Waals surface area contributed by atoms with Crippen LogP contribution in [0.3, 0.4) is 0 Å². The molecule has 2 amide bonds. The van der Waals surface area contributed by atoms with Crippen LogP contribution in [0.1, 0.15) is 38.5 Å². The van der Waals surface area contributed by atoms with E-state index in [1.165, 1.54) is 0 Å². The molecule has 0 aromatic carbocycles. The highest BCUT2D eigenvalue weighted by Gasteiger charge is 2.17. The van der Waals surface area contributed by atoms with Crippen LogP contribution in [0.2, 0.25) is 0 Å². The Morgan fingerprint density at radius 1 is 1.24 bits per heavy atom. The van der Waals surface area contributed by atoms with Gasteiger partial charge in [-0.25, -0.2) is 0 Å². The van der Waals surface area contributed by atoms with E-state index in [0.29, 0.717) is 19.6 Å². The van der Waals surface area contributed by atoms with Crippen molar-refractivity contribution in [2.75, 3.05) is 26.9 Å². The highest BCUT2D eigenvalue weighted by atomic mass is 16.5. The zero-order chi connectivity index (χ0) is 15.9. The van der Waals surface area contributed by atoms with Crippen LogP contribution in [0, 0.1) is 0 Å². The Kier molecular flexibility index (Phi) is 12.7. The fourth-order valence-corrected chi connectivity index (χ4v) is 1.82. The molecule has 0 unspecified atom stereocenters. The van der Waals surface area contributed by atoms with Gasteiger partial charge in [0.1, 0.15) is 12.6 Å². The molecule has 0 saturated heterocycles. The molecule has 122 valence electrons. The van der Waals surface area contributed by atoms with E-state index in [1.54, 1.807) is 7.11 Å². The van der Waals surface area contributed by atoms with Crippen LogP contribution in [0.15, 0.2) is 12.7 Å². The zero-order valence-corrected chi connectivity index (χ0v) is 12.9. The van der Waals surface area contributed by atoms with E-state index in [2.05, 4.69) is 11.9 Å². The van der Waals surface area contributed by atoms with E-state index in [9.17, 15) is 9.59 Å². The summed E-state index contributed by atoms with van der Waals surface area (Å²) in [6.45, 7) is 4.35. The quantitative estimate of drug-likeness (QED) is 0.372. The number of ether oxygens (including phenoxy) is 2. The zero-order valence-electron chi connectivity index (χ0n) is 12.9. The van der Waals surface area contributed by atoms with Crippen molar-refractivity contribution in [3.8, 4) is 0 Å². The second-order valence-corrected chi connectivity index (χ2v) is 4.85. The van der Waals surface area contributed by atoms with Crippen LogP contribution < -0.4 is 11.1 Å². The fraction of sp³-hybridized carbons (Fsp3) is 0.733. The molecule has 21 heavy (non-hydrogen) atoms. The first kappa shape index (κ1) is 19.6. The number of nitrogens with one attached hydrogen (secondary N) is 1. The summed E-state index contributed by atoms with van der Waals surface area (Å²) in [6, 6.07) is -0.622. The van der Waals surface area contributed by atoms with Gasteiger partial charge in [0.05, 0.1) is 13.2 Å². The molecule has 0 rings (SSSR count). The molecule has 0 aromatic heterocycles. The van der Waals surface area contributed by atoms with Gasteiger partial charge in [-0.05, 0) is 19.3 Å². The van der Waals surface area contributed by atoms with Crippen molar-refractivity contribution in [1.82, 2.24) is 5.32 Å². The smallest absolute Gasteiger partial charge is 0.246 e. The molecule has 0 aromatic rings. The largest absolute Gasteiger partial charge is 0.382 e. The minimum Gasteiger partial charge on any atom is -0.382 e. The van der Waals surface area contributed by atoms with Crippen molar-refractivity contribution in [3.05, 3.63) is 12.7 Å². The molecule has 0 spiro atoms. The van der Waals surface area contributed by atoms with Gasteiger partial charge in [0.2, 0.25) is 11.8 Å². The first-order valence-electron chi connectivity index (χ1n) is 7.38. The lowest BCUT2D eigenvalue weighted by Crippen LogP contribution is -2.45. The van der Waals surface area contributed by atoms with Crippen LogP contribution in [0.4, 0.5) is 0 Å². The lowest BCUT2D eigenvalue weighted by molar-refractivity contribution is -0.130. The van der Waals surface area contributed by atoms with E-state index in [1.807, 2.05) is 6.08 Å². The number of rotatable bonds is 14. The molecule has 3 N–H and O–H groups in total. The molecule has 0 bridgehead atoms. The highest BCUT2D eigenvalue weighted by Crippen LogP contribution is 2.07. The third-order valence-electron chi connectivity index (χ3n) is 2.99. The van der Waals surface area contributed by atoms with Gasteiger partial charge >= 0.3 is 0 Å². The number of hydrogen-bond acceptors (Lipinski definition) is 4. The normalized spacial score (nSPS) is 11.9. The minimum absolute atomic E-state index is 0.0908. The highest BCUT2D eigenvalue weighted by molar-refractivity contribution is 5.86. The summed E-state index contributed by atoms with van der Waals surface area (Å²) in [5, 5.41) is 2.60. The summed E-state index contributed by atoms with van der Waals surface area (Å²) >= 11 is 0. The maximum atomic E-state index is 11.6. The molecule has 0 aliphatic rings. The van der Waals surface area contributed by atoms with Gasteiger partial charge in [-0.3, -0.25) is 9.59 Å². The SMILES string of the molecule is C=CCCCCCC[C@@H](NC(=O)COCCOC)C(N)=O. The molecule has 0 fully saturated rings. The number of amides is 2. The van der Waals surface area contributed by atoms with Crippen molar-refractivity contribution < 1.29 is 19.1 Å². The second kappa shape index (κ2) is 13.6. The molecule has 0 radical (unpaired) electrons. The van der Waals surface area contributed by atoms with Crippen molar-refractivity contribution >= 4 is 11.8 Å². The summed E-state index contributed by atoms with van der Waals surface area (Å²) < 4.78 is 9.89. The second-order valence-electron chi connectivity index (χ2n) is 4.85. The predicted octanol–water partition coefficient (Wildman–Crippen LogP) is 1.15. The Hall–Kier alpha value is -1.40. The molecule has 0 heterocycles. The monoisotopic (exact) mass is 300 g/mol. The van der Waals surface area contributed by atoms with Crippen molar-refractivity contribution in [2.45, 2.75) is 44.6 Å². The van der Waals surface area contributed by atoms with Gasteiger partial charge in [0, 0.05) is 7.11 Å². The first-order valence-corrected chi connectivity index (χ1v) is 7.38. The molecular formula is C15H28N2O4. The van der Waals surface area contributed by atoms with Crippen molar-refractivity contribution in [3.63, 3.8) is 0 Å². The maximum absolute atomic E-state index is 11.6. The lowest BCUT2D eigenvalue weighted by Gasteiger charge is -2.15. The Labute approximate surface area is 127 Å². The predicted molar refractivity (Wildman–Crippen MR) is 81.7 cm³/mol. The Bertz CT molecular complexity index is 308. The van der Waals surface area contributed by atoms with E-state index >= 15 is 0 Å². The van der Waals surface area contributed by atoms with Gasteiger partial charge in [-0.15, -0.1) is 6.58 Å². The van der Waals surface area contributed by atoms with Gasteiger partial charge in [0.25, 0.3) is 0 Å². The first-order chi connectivity index (χ1) is 10.1. The van der Waals surface area contributed by atoms with Gasteiger partial charge in [-0.1, -0.05) is 25.3 Å².